The summed E-state index contributed by atoms with van der Waals surface area (Å²) in [4.78, 5) is 0. The zero-order valence-electron chi connectivity index (χ0n) is 3.73. The van der Waals surface area contributed by atoms with Gasteiger partial charge in [-0.3, -0.25) is 0 Å². The molecule has 0 unspecified atom stereocenters. The molecule has 0 rings (SSSR count). The average molecular weight is 114 g/mol. The number of rotatable bonds is 0. The Morgan fingerprint density at radius 2 is 1.67 bits per heavy atom. The first-order valence-electron chi connectivity index (χ1n) is 1.32. The van der Waals surface area contributed by atoms with Crippen molar-refractivity contribution in [1.82, 2.24) is 5.32 Å². The minimum atomic E-state index is -0.167. The Hall–Kier alpha value is 0.170. The van der Waals surface area contributed by atoms with E-state index in [1.54, 1.807) is 0 Å². The van der Waals surface area contributed by atoms with E-state index in [0.717, 1.165) is 0 Å². The van der Waals surface area contributed by atoms with E-state index in [0.29, 0.717) is 0 Å². The fourth-order valence-corrected chi connectivity index (χ4v) is 0. The van der Waals surface area contributed by atoms with Gasteiger partial charge in [-0.15, -0.1) is 4.66 Å². The van der Waals surface area contributed by atoms with Crippen LogP contribution in [-0.4, -0.2) is 18.8 Å². The maximum Gasteiger partial charge on any atom is 0.327 e. The van der Waals surface area contributed by atoms with Gasteiger partial charge in [-0.1, -0.05) is 0 Å². The number of hydrogen-bond donors (Lipinski definition) is 2. The maximum absolute atomic E-state index is 8.35. The lowest BCUT2D eigenvalue weighted by Crippen LogP contribution is -1.94. The van der Waals surface area contributed by atoms with Crippen molar-refractivity contribution in [2.45, 2.75) is 0 Å². The molecule has 0 atom stereocenters. The number of halogens is 1. The monoisotopic (exact) mass is 113 g/mol. The Morgan fingerprint density at radius 3 is 1.67 bits per heavy atom. The van der Waals surface area contributed by atoms with Crippen LogP contribution in [0.5, 0.6) is 0 Å². The zero-order chi connectivity index (χ0) is 5.41. The van der Waals surface area contributed by atoms with E-state index in [1.807, 2.05) is 14.1 Å². The summed E-state index contributed by atoms with van der Waals surface area (Å²) < 4.78 is 15.2. The molecular formula is C2H8ClNO2. The van der Waals surface area contributed by atoms with Crippen molar-refractivity contribution in [2.75, 3.05) is 14.1 Å². The van der Waals surface area contributed by atoms with Gasteiger partial charge >= 0.3 is 11.3 Å². The lowest BCUT2D eigenvalue weighted by molar-refractivity contribution is -1.27. The van der Waals surface area contributed by atoms with Gasteiger partial charge in [0, 0.05) is 0 Å². The molecule has 40 valence electrons. The Morgan fingerprint density at radius 1 is 1.67 bits per heavy atom. The second-order valence-electron chi connectivity index (χ2n) is 0.569. The Labute approximate surface area is 41.1 Å². The lowest BCUT2D eigenvalue weighted by atomic mass is 11.3. The molecule has 0 bridgehead atoms. The van der Waals surface area contributed by atoms with Crippen LogP contribution in [0.15, 0.2) is 0 Å². The van der Waals surface area contributed by atoms with E-state index in [2.05, 4.69) is 5.32 Å². The maximum atomic E-state index is 8.35. The Bertz CT molecular complexity index is 13.5. The molecule has 0 aromatic carbocycles. The van der Waals surface area contributed by atoms with Crippen LogP contribution in [0.25, 0.3) is 0 Å². The Balaban J connectivity index is 0. The van der Waals surface area contributed by atoms with Crippen molar-refractivity contribution in [3.8, 4) is 0 Å². The predicted octanol–water partition coefficient (Wildman–Crippen LogP) is -1.91. The highest BCUT2D eigenvalue weighted by atomic mass is 35.6. The normalized spacial score (nSPS) is 6.00. The van der Waals surface area contributed by atoms with E-state index in [1.165, 1.54) is 0 Å². The molecule has 0 saturated heterocycles. The van der Waals surface area contributed by atoms with Crippen LogP contribution in [0, 0.1) is 11.3 Å². The summed E-state index contributed by atoms with van der Waals surface area (Å²) in [7, 11) is 3.75. The Kier molecular flexibility index (Phi) is 30.2. The van der Waals surface area contributed by atoms with E-state index < -0.39 is 0 Å². The number of hydrogen-bond acceptors (Lipinski definition) is 3. The molecule has 0 radical (unpaired) electrons. The van der Waals surface area contributed by atoms with Crippen molar-refractivity contribution >= 4 is 0 Å². The van der Waals surface area contributed by atoms with Gasteiger partial charge in [-0.05, 0) is 14.1 Å². The van der Waals surface area contributed by atoms with Crippen molar-refractivity contribution in [3.63, 3.8) is 0 Å². The molecule has 0 aliphatic rings. The second-order valence-corrected chi connectivity index (χ2v) is 0.707. The molecule has 4 heteroatoms. The molecule has 0 aliphatic heterocycles. The van der Waals surface area contributed by atoms with Crippen molar-refractivity contribution in [3.05, 3.63) is 0 Å². The molecule has 3 nitrogen and oxygen atoms in total. The topological polar surface area (TPSA) is 55.3 Å². The summed E-state index contributed by atoms with van der Waals surface area (Å²) in [6, 6.07) is 0. The third-order valence-electron chi connectivity index (χ3n) is 0. The molecule has 0 saturated carbocycles. The van der Waals surface area contributed by atoms with Crippen molar-refractivity contribution in [2.24, 2.45) is 0 Å². The molecule has 0 aromatic heterocycles. The summed E-state index contributed by atoms with van der Waals surface area (Å²) in [6.07, 6.45) is 0. The molecule has 0 amide bonds. The van der Waals surface area contributed by atoms with Crippen LogP contribution in [0.4, 0.5) is 0 Å². The van der Waals surface area contributed by atoms with Crippen LogP contribution < -0.4 is 9.98 Å². The lowest BCUT2D eigenvalue weighted by Gasteiger charge is -1.59. The van der Waals surface area contributed by atoms with Gasteiger partial charge < -0.3 is 9.98 Å². The average Bonchev–Trinajstić information content (AvgIpc) is 1.39. The summed E-state index contributed by atoms with van der Waals surface area (Å²) in [5.41, 5.74) is 0. The molecule has 0 spiro atoms. The van der Waals surface area contributed by atoms with Crippen LogP contribution in [0.1, 0.15) is 0 Å². The zero-order valence-corrected chi connectivity index (χ0v) is 4.49. The molecule has 6 heavy (non-hydrogen) atoms. The third kappa shape index (κ3) is 1450. The smallest absolute Gasteiger partial charge is 0.327 e. The van der Waals surface area contributed by atoms with Crippen LogP contribution in [0.2, 0.25) is 0 Å². The first kappa shape index (κ1) is 9.48. The van der Waals surface area contributed by atoms with Gasteiger partial charge in [-0.25, -0.2) is 0 Å². The third-order valence-corrected chi connectivity index (χ3v) is 0. The van der Waals surface area contributed by atoms with Gasteiger partial charge in [0.2, 0.25) is 0 Å². The highest BCUT2D eigenvalue weighted by molar-refractivity contribution is 3.91. The molecule has 0 aliphatic carbocycles. The van der Waals surface area contributed by atoms with E-state index in [-0.39, 0.29) is 11.3 Å². The first-order chi connectivity index (χ1) is 2.83. The van der Waals surface area contributed by atoms with Gasteiger partial charge in [0.25, 0.3) is 0 Å². The van der Waals surface area contributed by atoms with Crippen LogP contribution in [0.3, 0.4) is 0 Å². The van der Waals surface area contributed by atoms with E-state index in [4.69, 9.17) is 9.32 Å². The van der Waals surface area contributed by atoms with Crippen molar-refractivity contribution in [1.29, 1.82) is 0 Å². The minimum Gasteiger partial charge on any atom is -0.506 e. The highest BCUT2D eigenvalue weighted by Gasteiger charge is 1.47. The minimum absolute atomic E-state index is 0.167. The molecular weight excluding hydrogens is 105 g/mol. The quantitative estimate of drug-likeness (QED) is 0.386. The fourth-order valence-electron chi connectivity index (χ4n) is 0. The first-order valence-corrected chi connectivity index (χ1v) is 1.97. The van der Waals surface area contributed by atoms with E-state index in [9.17, 15) is 0 Å². The largest absolute Gasteiger partial charge is 0.506 e. The van der Waals surface area contributed by atoms with Gasteiger partial charge in [-0.2, -0.15) is 0 Å². The van der Waals surface area contributed by atoms with Crippen LogP contribution >= 0.6 is 0 Å². The summed E-state index contributed by atoms with van der Waals surface area (Å²) in [6.45, 7) is 0. The van der Waals surface area contributed by atoms with Crippen LogP contribution in [-0.2, 0) is 0 Å². The highest BCUT2D eigenvalue weighted by Crippen LogP contribution is 1.13. The number of nitrogens with one attached hydrogen (secondary N) is 1. The second kappa shape index (κ2) is 19.1. The summed E-state index contributed by atoms with van der Waals surface area (Å²) in [5.74, 6) is 0. The fraction of sp³-hybridized carbons (Fsp3) is 1.00. The van der Waals surface area contributed by atoms with Gasteiger partial charge in [0.1, 0.15) is 0 Å². The molecule has 0 fully saturated rings. The molecule has 0 heterocycles. The SMILES string of the molecule is CNC.[O-][Cl+]O. The van der Waals surface area contributed by atoms with Gasteiger partial charge in [0.05, 0.1) is 0 Å². The predicted molar refractivity (Wildman–Crippen MR) is 17.2 cm³/mol. The van der Waals surface area contributed by atoms with E-state index >= 15 is 0 Å². The molecule has 0 aromatic rings. The summed E-state index contributed by atoms with van der Waals surface area (Å²) >= 11 is -0.167. The molecule has 2 N–H and O–H groups in total. The van der Waals surface area contributed by atoms with Crippen molar-refractivity contribution < 1.29 is 20.6 Å². The standard InChI is InChI=1S/C2H7N.ClHO2/c1-3-2;2-1-3/h3H,1-2H3;2H. The summed E-state index contributed by atoms with van der Waals surface area (Å²) in [5, 5.41) is 2.75. The van der Waals surface area contributed by atoms with Gasteiger partial charge in [0.15, 0.2) is 0 Å².